The topological polar surface area (TPSA) is 80.7 Å². The van der Waals surface area contributed by atoms with E-state index in [-0.39, 0.29) is 6.16 Å². The average molecular weight is 188 g/mol. The van der Waals surface area contributed by atoms with Gasteiger partial charge in [0.05, 0.1) is 6.26 Å². The largest absolute Gasteiger partial charge is 0.342 e. The Hall–Kier alpha value is 0.1000. The predicted molar refractivity (Wildman–Crippen MR) is 36.3 cm³/mol. The van der Waals surface area contributed by atoms with Crippen LogP contribution in [0.15, 0.2) is 0 Å². The van der Waals surface area contributed by atoms with Crippen LogP contribution in [0.3, 0.4) is 0 Å². The molecule has 0 saturated heterocycles. The molecule has 0 fully saturated rings. The smallest absolute Gasteiger partial charge is 0.324 e. The first-order valence-corrected chi connectivity index (χ1v) is 6.08. The van der Waals surface area contributed by atoms with Gasteiger partial charge in [0.15, 0.2) is 0 Å². The molecule has 0 rings (SSSR count). The summed E-state index contributed by atoms with van der Waals surface area (Å²) in [5.74, 6) is 0. The van der Waals surface area contributed by atoms with E-state index in [1.165, 1.54) is 6.92 Å². The highest BCUT2D eigenvalue weighted by atomic mass is 32.2. The maximum absolute atomic E-state index is 10.6. The quantitative estimate of drug-likeness (QED) is 0.638. The molecule has 0 aromatic rings. The molecule has 1 unspecified atom stereocenters. The molecule has 0 radical (unpaired) electrons. The molecule has 5 nitrogen and oxygen atoms in total. The van der Waals surface area contributed by atoms with E-state index in [2.05, 4.69) is 3.97 Å². The minimum absolute atomic E-state index is 0.208. The van der Waals surface area contributed by atoms with Crippen LogP contribution in [0.2, 0.25) is 0 Å². The van der Waals surface area contributed by atoms with Crippen LogP contribution in [0.1, 0.15) is 6.92 Å². The second-order valence-corrected chi connectivity index (χ2v) is 5.64. The van der Waals surface area contributed by atoms with Crippen LogP contribution >= 0.6 is 7.60 Å². The van der Waals surface area contributed by atoms with Crippen LogP contribution in [0, 0.1) is 0 Å². The van der Waals surface area contributed by atoms with Crippen molar-refractivity contribution in [3.63, 3.8) is 0 Å². The molecule has 0 bridgehead atoms. The molecule has 1 atom stereocenters. The number of rotatable bonds is 3. The van der Waals surface area contributed by atoms with E-state index in [1.54, 1.807) is 0 Å². The van der Waals surface area contributed by atoms with Crippen molar-refractivity contribution in [3.8, 4) is 0 Å². The third-order valence-electron chi connectivity index (χ3n) is 0.651. The van der Waals surface area contributed by atoms with E-state index in [0.717, 1.165) is 6.26 Å². The fraction of sp³-hybridized carbons (Fsp3) is 1.00. The van der Waals surface area contributed by atoms with Crippen molar-refractivity contribution in [3.05, 3.63) is 0 Å². The molecule has 0 aliphatic carbocycles. The third kappa shape index (κ3) is 4.93. The van der Waals surface area contributed by atoms with Gasteiger partial charge in [-0.05, 0) is 0 Å². The van der Waals surface area contributed by atoms with Crippen molar-refractivity contribution < 1.29 is 21.8 Å². The van der Waals surface area contributed by atoms with Crippen LogP contribution in [0.4, 0.5) is 0 Å². The summed E-state index contributed by atoms with van der Waals surface area (Å²) in [6.07, 6.45) is 0.519. The second-order valence-electron chi connectivity index (χ2n) is 1.73. The minimum Gasteiger partial charge on any atom is -0.324 e. The molecule has 62 valence electrons. The van der Waals surface area contributed by atoms with Gasteiger partial charge in [-0.25, -0.2) is 0 Å². The van der Waals surface area contributed by atoms with Crippen LogP contribution in [0.5, 0.6) is 0 Å². The zero-order valence-corrected chi connectivity index (χ0v) is 7.35. The second kappa shape index (κ2) is 3.00. The molecular formula is C3H9O5PS. The summed E-state index contributed by atoms with van der Waals surface area (Å²) in [4.78, 5) is 8.61. The van der Waals surface area contributed by atoms with Gasteiger partial charge >= 0.3 is 7.60 Å². The Labute approximate surface area is 59.7 Å². The Morgan fingerprint density at radius 3 is 2.10 bits per heavy atom. The van der Waals surface area contributed by atoms with E-state index >= 15 is 0 Å². The van der Waals surface area contributed by atoms with Gasteiger partial charge in [-0.2, -0.15) is 12.4 Å². The van der Waals surface area contributed by atoms with Crippen molar-refractivity contribution in [2.24, 2.45) is 0 Å². The Balaban J connectivity index is 4.32. The Morgan fingerprint density at radius 2 is 2.00 bits per heavy atom. The van der Waals surface area contributed by atoms with Gasteiger partial charge in [-0.1, -0.05) is 6.92 Å². The average Bonchev–Trinajstić information content (AvgIpc) is 1.60. The highest BCUT2D eigenvalue weighted by molar-refractivity contribution is 7.90. The van der Waals surface area contributed by atoms with Gasteiger partial charge in [0.25, 0.3) is 10.1 Å². The molecule has 0 aliphatic rings. The standard InChI is InChI=1S/C3H9O5PS/c1-3-9(4,5)8-10(2,6)7/h3H2,1-2H3,(H,4,5). The SMILES string of the molecule is CCP(=O)(O)OS(C)(=O)=O. The summed E-state index contributed by atoms with van der Waals surface area (Å²) < 4.78 is 34.9. The molecule has 10 heavy (non-hydrogen) atoms. The van der Waals surface area contributed by atoms with Crippen LogP contribution in [0.25, 0.3) is 0 Å². The lowest BCUT2D eigenvalue weighted by Gasteiger charge is -2.05. The fourth-order valence-electron chi connectivity index (χ4n) is 0.264. The summed E-state index contributed by atoms with van der Waals surface area (Å²) in [5, 5.41) is 0. The van der Waals surface area contributed by atoms with E-state index in [1.807, 2.05) is 0 Å². The lowest BCUT2D eigenvalue weighted by molar-refractivity contribution is 0.380. The summed E-state index contributed by atoms with van der Waals surface area (Å²) in [7, 11) is -7.69. The van der Waals surface area contributed by atoms with Crippen LogP contribution in [-0.4, -0.2) is 25.7 Å². The van der Waals surface area contributed by atoms with Gasteiger partial charge < -0.3 is 4.89 Å². The van der Waals surface area contributed by atoms with Gasteiger partial charge in [0, 0.05) is 6.16 Å². The summed E-state index contributed by atoms with van der Waals surface area (Å²) >= 11 is 0. The molecule has 0 aliphatic heterocycles. The zero-order valence-electron chi connectivity index (χ0n) is 5.64. The number of hydrogen-bond acceptors (Lipinski definition) is 4. The Kier molecular flexibility index (Phi) is 3.03. The van der Waals surface area contributed by atoms with Crippen LogP contribution < -0.4 is 0 Å². The maximum Gasteiger partial charge on any atom is 0.342 e. The van der Waals surface area contributed by atoms with E-state index in [4.69, 9.17) is 4.89 Å². The minimum atomic E-state index is -3.88. The molecule has 0 heterocycles. The van der Waals surface area contributed by atoms with Crippen LogP contribution in [-0.2, 0) is 18.7 Å². The van der Waals surface area contributed by atoms with Gasteiger partial charge in [0.1, 0.15) is 0 Å². The lowest BCUT2D eigenvalue weighted by atomic mass is 11.0. The summed E-state index contributed by atoms with van der Waals surface area (Å²) in [6, 6.07) is 0. The first kappa shape index (κ1) is 10.1. The Morgan fingerprint density at radius 1 is 1.60 bits per heavy atom. The molecule has 0 aromatic carbocycles. The normalized spacial score (nSPS) is 18.3. The summed E-state index contributed by atoms with van der Waals surface area (Å²) in [6.45, 7) is 1.37. The van der Waals surface area contributed by atoms with E-state index in [0.29, 0.717) is 0 Å². The lowest BCUT2D eigenvalue weighted by Crippen LogP contribution is -2.01. The van der Waals surface area contributed by atoms with Crippen molar-refractivity contribution >= 4 is 17.7 Å². The van der Waals surface area contributed by atoms with Gasteiger partial charge in [-0.15, -0.1) is 0 Å². The van der Waals surface area contributed by atoms with Gasteiger partial charge in [-0.3, -0.25) is 4.57 Å². The summed E-state index contributed by atoms with van der Waals surface area (Å²) in [5.41, 5.74) is 0. The van der Waals surface area contributed by atoms with Crippen molar-refractivity contribution in [1.82, 2.24) is 0 Å². The predicted octanol–water partition coefficient (Wildman–Crippen LogP) is 0.168. The molecule has 0 amide bonds. The van der Waals surface area contributed by atoms with Crippen molar-refractivity contribution in [2.45, 2.75) is 6.92 Å². The van der Waals surface area contributed by atoms with E-state index < -0.39 is 17.7 Å². The molecule has 7 heteroatoms. The molecule has 0 spiro atoms. The highest BCUT2D eigenvalue weighted by Gasteiger charge is 2.21. The maximum atomic E-state index is 10.6. The fourth-order valence-corrected chi connectivity index (χ4v) is 2.38. The van der Waals surface area contributed by atoms with Crippen molar-refractivity contribution in [2.75, 3.05) is 12.4 Å². The Bertz CT molecular complexity index is 242. The third-order valence-corrected chi connectivity index (χ3v) is 3.47. The zero-order chi connectivity index (χ0) is 8.41. The molecular weight excluding hydrogens is 179 g/mol. The number of hydrogen-bond donors (Lipinski definition) is 1. The molecule has 1 N–H and O–H groups in total. The first-order chi connectivity index (χ1) is 4.27. The first-order valence-electron chi connectivity index (χ1n) is 2.50. The molecule has 0 aromatic heterocycles. The highest BCUT2D eigenvalue weighted by Crippen LogP contribution is 2.42. The van der Waals surface area contributed by atoms with Crippen molar-refractivity contribution in [1.29, 1.82) is 0 Å². The molecule has 0 saturated carbocycles. The van der Waals surface area contributed by atoms with E-state index in [9.17, 15) is 13.0 Å². The monoisotopic (exact) mass is 188 g/mol. The van der Waals surface area contributed by atoms with Gasteiger partial charge in [0.2, 0.25) is 0 Å².